The molecule has 0 spiro atoms. The molecule has 152 valence electrons. The van der Waals surface area contributed by atoms with E-state index in [1.54, 1.807) is 18.3 Å². The smallest absolute Gasteiger partial charge is 0.307 e. The predicted molar refractivity (Wildman–Crippen MR) is 124 cm³/mol. The molecule has 5 rings (SSSR count). The zero-order valence-electron chi connectivity index (χ0n) is 17.0. The number of hydrogen-bond donors (Lipinski definition) is 1. The Morgan fingerprint density at radius 2 is 1.65 bits per heavy atom. The van der Waals surface area contributed by atoms with Crippen molar-refractivity contribution >= 4 is 44.6 Å². The normalized spacial score (nSPS) is 11.5. The third kappa shape index (κ3) is 3.62. The Balaban J connectivity index is 1.44. The van der Waals surface area contributed by atoms with Crippen molar-refractivity contribution in [1.29, 1.82) is 0 Å². The molecule has 1 heterocycles. The predicted octanol–water partition coefficient (Wildman–Crippen LogP) is 5.90. The quantitative estimate of drug-likeness (QED) is 0.224. The molecule has 5 heteroatoms. The summed E-state index contributed by atoms with van der Waals surface area (Å²) in [6.07, 6.45) is 1.69. The second kappa shape index (κ2) is 7.95. The SMILES string of the molecule is CCOc1ccc2oc(C(=O)N/N=C/c3c4ccccc4cc4ccccc34)cc2c1. The number of nitrogens with zero attached hydrogens (tertiary/aromatic N) is 1. The van der Waals surface area contributed by atoms with Gasteiger partial charge in [-0.05, 0) is 58.8 Å². The van der Waals surface area contributed by atoms with E-state index < -0.39 is 5.91 Å². The summed E-state index contributed by atoms with van der Waals surface area (Å²) in [4.78, 5) is 12.6. The molecule has 0 aliphatic carbocycles. The van der Waals surface area contributed by atoms with E-state index in [1.807, 2.05) is 43.3 Å². The van der Waals surface area contributed by atoms with Gasteiger partial charge in [0.15, 0.2) is 5.76 Å². The van der Waals surface area contributed by atoms with Crippen LogP contribution in [0.1, 0.15) is 23.0 Å². The summed E-state index contributed by atoms with van der Waals surface area (Å²) in [7, 11) is 0. The van der Waals surface area contributed by atoms with Gasteiger partial charge in [-0.2, -0.15) is 5.10 Å². The van der Waals surface area contributed by atoms with Crippen LogP contribution in [0.15, 0.2) is 88.4 Å². The summed E-state index contributed by atoms with van der Waals surface area (Å²) in [5.74, 6) is 0.530. The Hall–Kier alpha value is -4.12. The van der Waals surface area contributed by atoms with Gasteiger partial charge in [-0.1, -0.05) is 48.5 Å². The number of nitrogens with one attached hydrogen (secondary N) is 1. The first-order chi connectivity index (χ1) is 15.2. The molecule has 0 atom stereocenters. The molecule has 1 amide bonds. The third-order valence-corrected chi connectivity index (χ3v) is 5.20. The lowest BCUT2D eigenvalue weighted by molar-refractivity contribution is 0.0929. The third-order valence-electron chi connectivity index (χ3n) is 5.20. The Kier molecular flexibility index (Phi) is 4.84. The zero-order valence-corrected chi connectivity index (χ0v) is 17.0. The minimum Gasteiger partial charge on any atom is -0.494 e. The molecule has 0 bridgehead atoms. The molecule has 0 radical (unpaired) electrons. The van der Waals surface area contributed by atoms with Gasteiger partial charge in [0.05, 0.1) is 12.8 Å². The Morgan fingerprint density at radius 1 is 0.935 bits per heavy atom. The van der Waals surface area contributed by atoms with Crippen molar-refractivity contribution in [3.63, 3.8) is 0 Å². The number of carbonyl (C=O) groups excluding carboxylic acids is 1. The first kappa shape index (κ1) is 18.9. The summed E-state index contributed by atoms with van der Waals surface area (Å²) in [6.45, 7) is 2.50. The minimum atomic E-state index is -0.407. The zero-order chi connectivity index (χ0) is 21.2. The number of ether oxygens (including phenoxy) is 1. The van der Waals surface area contributed by atoms with Crippen molar-refractivity contribution in [2.75, 3.05) is 6.61 Å². The lowest BCUT2D eigenvalue weighted by Crippen LogP contribution is -2.16. The summed E-state index contributed by atoms with van der Waals surface area (Å²) >= 11 is 0. The first-order valence-electron chi connectivity index (χ1n) is 10.1. The molecular formula is C26H20N2O3. The number of hydrazone groups is 1. The van der Waals surface area contributed by atoms with Gasteiger partial charge in [-0.25, -0.2) is 5.43 Å². The molecule has 1 N–H and O–H groups in total. The molecule has 0 saturated heterocycles. The maximum absolute atomic E-state index is 12.6. The lowest BCUT2D eigenvalue weighted by Gasteiger charge is -2.07. The highest BCUT2D eigenvalue weighted by molar-refractivity contribution is 6.13. The topological polar surface area (TPSA) is 63.8 Å². The maximum atomic E-state index is 12.6. The van der Waals surface area contributed by atoms with Gasteiger partial charge < -0.3 is 9.15 Å². The van der Waals surface area contributed by atoms with Gasteiger partial charge in [0, 0.05) is 10.9 Å². The van der Waals surface area contributed by atoms with E-state index in [0.717, 1.165) is 38.2 Å². The number of carbonyl (C=O) groups is 1. The first-order valence-corrected chi connectivity index (χ1v) is 10.1. The van der Waals surface area contributed by atoms with Crippen molar-refractivity contribution in [1.82, 2.24) is 5.43 Å². The van der Waals surface area contributed by atoms with E-state index in [9.17, 15) is 4.79 Å². The van der Waals surface area contributed by atoms with Crippen LogP contribution in [0.3, 0.4) is 0 Å². The largest absolute Gasteiger partial charge is 0.494 e. The standard InChI is InChI=1S/C26H20N2O3/c1-2-30-20-11-12-24-19(14-20)15-25(31-24)26(29)28-27-16-23-21-9-5-3-7-17(21)13-18-8-4-6-10-22(18)23/h3-16H,2H2,1H3,(H,28,29)/b27-16+. The van der Waals surface area contributed by atoms with Gasteiger partial charge >= 0.3 is 5.91 Å². The van der Waals surface area contributed by atoms with E-state index in [2.05, 4.69) is 40.9 Å². The van der Waals surface area contributed by atoms with E-state index in [-0.39, 0.29) is 5.76 Å². The van der Waals surface area contributed by atoms with Crippen LogP contribution in [0, 0.1) is 0 Å². The van der Waals surface area contributed by atoms with Crippen molar-refractivity contribution in [2.45, 2.75) is 6.92 Å². The van der Waals surface area contributed by atoms with Gasteiger partial charge in [-0.3, -0.25) is 4.79 Å². The number of fused-ring (bicyclic) bond motifs is 3. The van der Waals surface area contributed by atoms with Crippen LogP contribution in [-0.2, 0) is 0 Å². The van der Waals surface area contributed by atoms with E-state index in [0.29, 0.717) is 12.2 Å². The van der Waals surface area contributed by atoms with Crippen LogP contribution < -0.4 is 10.2 Å². The van der Waals surface area contributed by atoms with E-state index in [4.69, 9.17) is 9.15 Å². The number of amides is 1. The summed E-state index contributed by atoms with van der Waals surface area (Å²) in [5, 5.41) is 9.43. The second-order valence-electron chi connectivity index (χ2n) is 7.17. The van der Waals surface area contributed by atoms with Crippen LogP contribution in [0.4, 0.5) is 0 Å². The molecular weight excluding hydrogens is 388 g/mol. The van der Waals surface area contributed by atoms with Gasteiger partial charge in [0.2, 0.25) is 0 Å². The number of rotatable bonds is 5. The van der Waals surface area contributed by atoms with Crippen LogP contribution in [0.5, 0.6) is 5.75 Å². The van der Waals surface area contributed by atoms with E-state index in [1.165, 1.54) is 0 Å². The van der Waals surface area contributed by atoms with Gasteiger partial charge in [-0.15, -0.1) is 0 Å². The van der Waals surface area contributed by atoms with E-state index >= 15 is 0 Å². The molecule has 4 aromatic carbocycles. The molecule has 0 aliphatic rings. The molecule has 0 unspecified atom stereocenters. The maximum Gasteiger partial charge on any atom is 0.307 e. The summed E-state index contributed by atoms with van der Waals surface area (Å²) < 4.78 is 11.2. The summed E-state index contributed by atoms with van der Waals surface area (Å²) in [5.41, 5.74) is 4.16. The molecule has 31 heavy (non-hydrogen) atoms. The highest BCUT2D eigenvalue weighted by Gasteiger charge is 2.12. The molecule has 0 fully saturated rings. The lowest BCUT2D eigenvalue weighted by atomic mass is 9.97. The molecule has 0 saturated carbocycles. The highest BCUT2D eigenvalue weighted by Crippen LogP contribution is 2.27. The van der Waals surface area contributed by atoms with Crippen LogP contribution in [0.2, 0.25) is 0 Å². The number of benzene rings is 4. The highest BCUT2D eigenvalue weighted by atomic mass is 16.5. The van der Waals surface area contributed by atoms with Crippen LogP contribution >= 0.6 is 0 Å². The van der Waals surface area contributed by atoms with Crippen molar-refractivity contribution < 1.29 is 13.9 Å². The number of hydrogen-bond acceptors (Lipinski definition) is 4. The fourth-order valence-electron chi connectivity index (χ4n) is 3.79. The van der Waals surface area contributed by atoms with Crippen LogP contribution in [-0.4, -0.2) is 18.7 Å². The monoisotopic (exact) mass is 408 g/mol. The Labute approximate surface area is 178 Å². The molecule has 5 aromatic rings. The summed E-state index contributed by atoms with van der Waals surface area (Å²) in [6, 6.07) is 25.6. The van der Waals surface area contributed by atoms with Gasteiger partial charge in [0.25, 0.3) is 0 Å². The van der Waals surface area contributed by atoms with Crippen LogP contribution in [0.25, 0.3) is 32.5 Å². The average Bonchev–Trinajstić information content (AvgIpc) is 3.22. The number of furan rings is 1. The molecule has 0 aliphatic heterocycles. The Morgan fingerprint density at radius 3 is 2.35 bits per heavy atom. The van der Waals surface area contributed by atoms with Crippen molar-refractivity contribution in [3.8, 4) is 5.75 Å². The average molecular weight is 408 g/mol. The fourth-order valence-corrected chi connectivity index (χ4v) is 3.79. The molecule has 1 aromatic heterocycles. The fraction of sp³-hybridized carbons (Fsp3) is 0.0769. The molecule has 5 nitrogen and oxygen atoms in total. The van der Waals surface area contributed by atoms with Crippen molar-refractivity contribution in [3.05, 3.63) is 90.2 Å². The second-order valence-corrected chi connectivity index (χ2v) is 7.17. The van der Waals surface area contributed by atoms with Gasteiger partial charge in [0.1, 0.15) is 11.3 Å². The Bertz CT molecular complexity index is 1400. The van der Waals surface area contributed by atoms with Crippen molar-refractivity contribution in [2.24, 2.45) is 5.10 Å². The minimum absolute atomic E-state index is 0.198.